The molecule has 22 heavy (non-hydrogen) atoms. The van der Waals surface area contributed by atoms with Gasteiger partial charge in [0.05, 0.1) is 6.61 Å². The number of rotatable bonds is 5. The van der Waals surface area contributed by atoms with Gasteiger partial charge >= 0.3 is 6.18 Å². The van der Waals surface area contributed by atoms with Gasteiger partial charge in [-0.15, -0.1) is 0 Å². The summed E-state index contributed by atoms with van der Waals surface area (Å²) in [6.07, 6.45) is -2.91. The Morgan fingerprint density at radius 2 is 1.68 bits per heavy atom. The molecule has 0 bridgehead atoms. The Morgan fingerprint density at radius 3 is 2.32 bits per heavy atom. The zero-order valence-corrected chi connectivity index (χ0v) is 12.6. The van der Waals surface area contributed by atoms with Crippen molar-refractivity contribution in [2.75, 3.05) is 6.61 Å². The molecule has 0 heterocycles. The van der Waals surface area contributed by atoms with Gasteiger partial charge in [0.2, 0.25) is 0 Å². The summed E-state index contributed by atoms with van der Waals surface area (Å²) in [5.41, 5.74) is -3.08. The first-order valence-corrected chi connectivity index (χ1v) is 7.23. The second kappa shape index (κ2) is 6.16. The van der Waals surface area contributed by atoms with Crippen molar-refractivity contribution in [1.29, 1.82) is 0 Å². The lowest BCUT2D eigenvalue weighted by atomic mass is 9.90. The van der Waals surface area contributed by atoms with Crippen molar-refractivity contribution in [2.45, 2.75) is 38.5 Å². The number of hydrogen-bond donors (Lipinski definition) is 1. The van der Waals surface area contributed by atoms with E-state index >= 15 is 0 Å². The molecule has 0 aliphatic rings. The van der Waals surface area contributed by atoms with Gasteiger partial charge in [-0.1, -0.05) is 43.7 Å². The molecule has 0 saturated heterocycles. The minimum absolute atomic E-state index is 0.168. The maximum atomic E-state index is 13.1. The highest BCUT2D eigenvalue weighted by Crippen LogP contribution is 2.42. The van der Waals surface area contributed by atoms with Crippen LogP contribution in [0.5, 0.6) is 5.75 Å². The lowest BCUT2D eigenvalue weighted by Gasteiger charge is -2.28. The largest absolute Gasteiger partial charge is 0.493 e. The first kappa shape index (κ1) is 16.6. The Kier molecular flexibility index (Phi) is 4.66. The molecule has 5 heteroatoms. The molecule has 0 fully saturated rings. The van der Waals surface area contributed by atoms with Crippen LogP contribution < -0.4 is 4.74 Å². The van der Waals surface area contributed by atoms with E-state index in [1.807, 2.05) is 6.92 Å². The molecule has 2 aromatic rings. The zero-order valence-electron chi connectivity index (χ0n) is 12.6. The average Bonchev–Trinajstić information content (AvgIpc) is 2.46. The molecule has 0 amide bonds. The fourth-order valence-electron chi connectivity index (χ4n) is 2.31. The Bertz CT molecular complexity index is 648. The number of halogens is 3. The van der Waals surface area contributed by atoms with Crippen molar-refractivity contribution >= 4 is 10.8 Å². The standard InChI is InChI=1S/C17H19F3O2/c1-3-4-11-22-15-10-6-7-12-13(15)8-5-9-14(12)16(2,21)17(18,19)20/h5-10,21H,3-4,11H2,1-2H3. The van der Waals surface area contributed by atoms with Crippen LogP contribution >= 0.6 is 0 Å². The smallest absolute Gasteiger partial charge is 0.421 e. The van der Waals surface area contributed by atoms with Gasteiger partial charge in [0, 0.05) is 10.9 Å². The van der Waals surface area contributed by atoms with Gasteiger partial charge in [-0.25, -0.2) is 0 Å². The summed E-state index contributed by atoms with van der Waals surface area (Å²) in [5, 5.41) is 10.9. The lowest BCUT2D eigenvalue weighted by molar-refractivity contribution is -0.258. The van der Waals surface area contributed by atoms with Gasteiger partial charge < -0.3 is 9.84 Å². The molecule has 1 N–H and O–H groups in total. The van der Waals surface area contributed by atoms with Crippen molar-refractivity contribution in [2.24, 2.45) is 0 Å². The van der Waals surface area contributed by atoms with Crippen LogP contribution in [0.25, 0.3) is 10.8 Å². The number of unbranched alkanes of at least 4 members (excludes halogenated alkanes) is 1. The van der Waals surface area contributed by atoms with E-state index in [9.17, 15) is 18.3 Å². The molecule has 120 valence electrons. The van der Waals surface area contributed by atoms with Crippen molar-refractivity contribution in [1.82, 2.24) is 0 Å². The maximum Gasteiger partial charge on any atom is 0.421 e. The molecule has 1 unspecified atom stereocenters. The number of benzene rings is 2. The van der Waals surface area contributed by atoms with Crippen LogP contribution in [0.4, 0.5) is 13.2 Å². The van der Waals surface area contributed by atoms with Crippen LogP contribution in [0, 0.1) is 0 Å². The molecular formula is C17H19F3O2. The van der Waals surface area contributed by atoms with Crippen LogP contribution in [0.3, 0.4) is 0 Å². The Morgan fingerprint density at radius 1 is 1.05 bits per heavy atom. The molecule has 0 aromatic heterocycles. The summed E-state index contributed by atoms with van der Waals surface area (Å²) in [6, 6.07) is 9.43. The van der Waals surface area contributed by atoms with Crippen LogP contribution in [0.1, 0.15) is 32.3 Å². The van der Waals surface area contributed by atoms with E-state index in [1.54, 1.807) is 24.3 Å². The van der Waals surface area contributed by atoms with Gasteiger partial charge in [0.1, 0.15) is 5.75 Å². The predicted octanol–water partition coefficient (Wildman–Crippen LogP) is 4.79. The number of aliphatic hydroxyl groups is 1. The minimum atomic E-state index is -4.75. The third-order valence-electron chi connectivity index (χ3n) is 3.71. The first-order valence-electron chi connectivity index (χ1n) is 7.23. The fraction of sp³-hybridized carbons (Fsp3) is 0.412. The second-order valence-electron chi connectivity index (χ2n) is 5.43. The first-order chi connectivity index (χ1) is 10.3. The van der Waals surface area contributed by atoms with Crippen molar-refractivity contribution in [3.63, 3.8) is 0 Å². The monoisotopic (exact) mass is 312 g/mol. The third-order valence-corrected chi connectivity index (χ3v) is 3.71. The molecule has 2 nitrogen and oxygen atoms in total. The van der Waals surface area contributed by atoms with Gasteiger partial charge in [-0.05, 0) is 24.8 Å². The van der Waals surface area contributed by atoms with Crippen LogP contribution in [-0.4, -0.2) is 17.9 Å². The predicted molar refractivity (Wildman–Crippen MR) is 80.0 cm³/mol. The molecule has 0 saturated carbocycles. The van der Waals surface area contributed by atoms with Crippen LogP contribution in [0.2, 0.25) is 0 Å². The van der Waals surface area contributed by atoms with Crippen molar-refractivity contribution in [3.8, 4) is 5.75 Å². The summed E-state index contributed by atoms with van der Waals surface area (Å²) in [5.74, 6) is 0.533. The Labute approximate surface area is 127 Å². The third kappa shape index (κ3) is 3.04. The molecule has 0 radical (unpaired) electrons. The molecular weight excluding hydrogens is 293 g/mol. The molecule has 2 aromatic carbocycles. The topological polar surface area (TPSA) is 29.5 Å². The molecule has 1 atom stereocenters. The number of hydrogen-bond acceptors (Lipinski definition) is 2. The summed E-state index contributed by atoms with van der Waals surface area (Å²) in [4.78, 5) is 0. The molecule has 0 spiro atoms. The number of fused-ring (bicyclic) bond motifs is 1. The van der Waals surface area contributed by atoms with E-state index in [2.05, 4.69) is 0 Å². The van der Waals surface area contributed by atoms with Gasteiger partial charge in [-0.3, -0.25) is 0 Å². The number of alkyl halides is 3. The number of ether oxygens (including phenoxy) is 1. The van der Waals surface area contributed by atoms with Crippen LogP contribution in [0.15, 0.2) is 36.4 Å². The van der Waals surface area contributed by atoms with Crippen LogP contribution in [-0.2, 0) is 5.60 Å². The van der Waals surface area contributed by atoms with E-state index in [0.29, 0.717) is 23.1 Å². The lowest BCUT2D eigenvalue weighted by Crippen LogP contribution is -2.39. The summed E-state index contributed by atoms with van der Waals surface area (Å²) < 4.78 is 45.0. The summed E-state index contributed by atoms with van der Waals surface area (Å²) in [7, 11) is 0. The molecule has 2 rings (SSSR count). The molecule has 0 aliphatic heterocycles. The van der Waals surface area contributed by atoms with Crippen molar-refractivity contribution in [3.05, 3.63) is 42.0 Å². The van der Waals surface area contributed by atoms with E-state index in [1.165, 1.54) is 12.1 Å². The van der Waals surface area contributed by atoms with Gasteiger partial charge in [0.15, 0.2) is 5.60 Å². The van der Waals surface area contributed by atoms with E-state index < -0.39 is 11.8 Å². The zero-order chi connectivity index (χ0) is 16.4. The summed E-state index contributed by atoms with van der Waals surface area (Å²) >= 11 is 0. The van der Waals surface area contributed by atoms with Gasteiger partial charge in [0.25, 0.3) is 0 Å². The van der Waals surface area contributed by atoms with Gasteiger partial charge in [-0.2, -0.15) is 13.2 Å². The summed E-state index contributed by atoms with van der Waals surface area (Å²) in [6.45, 7) is 3.31. The Hall–Kier alpha value is -1.75. The van der Waals surface area contributed by atoms with Crippen molar-refractivity contribution < 1.29 is 23.0 Å². The Balaban J connectivity index is 2.53. The quantitative estimate of drug-likeness (QED) is 0.804. The SMILES string of the molecule is CCCCOc1cccc2c(C(C)(O)C(F)(F)F)cccc12. The highest BCUT2D eigenvalue weighted by molar-refractivity contribution is 5.91. The maximum absolute atomic E-state index is 13.1. The highest BCUT2D eigenvalue weighted by atomic mass is 19.4. The second-order valence-corrected chi connectivity index (χ2v) is 5.43. The molecule has 0 aliphatic carbocycles. The average molecular weight is 312 g/mol. The van der Waals surface area contributed by atoms with E-state index in [4.69, 9.17) is 4.74 Å². The highest BCUT2D eigenvalue weighted by Gasteiger charge is 2.51. The van der Waals surface area contributed by atoms with E-state index in [-0.39, 0.29) is 5.56 Å². The fourth-order valence-corrected chi connectivity index (χ4v) is 2.31. The van der Waals surface area contributed by atoms with E-state index in [0.717, 1.165) is 19.8 Å². The normalized spacial score (nSPS) is 14.8. The minimum Gasteiger partial charge on any atom is -0.493 e.